The predicted octanol–water partition coefficient (Wildman–Crippen LogP) is 0.672. The summed E-state index contributed by atoms with van der Waals surface area (Å²) in [4.78, 5) is 2.29. The first-order chi connectivity index (χ1) is 6.50. The minimum Gasteiger partial charge on any atom is -0.392 e. The van der Waals surface area contributed by atoms with Crippen molar-refractivity contribution in [1.82, 2.24) is 4.90 Å². The number of piperidine rings is 1. The van der Waals surface area contributed by atoms with Gasteiger partial charge >= 0.3 is 0 Å². The van der Waals surface area contributed by atoms with Crippen molar-refractivity contribution in [2.24, 2.45) is 17.6 Å². The third-order valence-electron chi connectivity index (χ3n) is 3.32. The van der Waals surface area contributed by atoms with Gasteiger partial charge in [0.25, 0.3) is 0 Å². The van der Waals surface area contributed by atoms with E-state index in [1.807, 2.05) is 0 Å². The summed E-state index contributed by atoms with van der Waals surface area (Å²) in [5.74, 6) is 0.966. The van der Waals surface area contributed by atoms with E-state index in [2.05, 4.69) is 25.7 Å². The molecule has 0 radical (unpaired) electrons. The van der Waals surface area contributed by atoms with Gasteiger partial charge in [-0.25, -0.2) is 0 Å². The molecule has 0 aromatic heterocycles. The zero-order chi connectivity index (χ0) is 10.7. The van der Waals surface area contributed by atoms with Crippen LogP contribution in [0.1, 0.15) is 27.2 Å². The summed E-state index contributed by atoms with van der Waals surface area (Å²) in [6.45, 7) is 9.11. The summed E-state index contributed by atoms with van der Waals surface area (Å²) < 4.78 is 0. The monoisotopic (exact) mass is 200 g/mol. The molecule has 1 fully saturated rings. The predicted molar refractivity (Wildman–Crippen MR) is 59.0 cm³/mol. The highest BCUT2D eigenvalue weighted by Crippen LogP contribution is 2.16. The van der Waals surface area contributed by atoms with Gasteiger partial charge in [0.05, 0.1) is 6.10 Å². The van der Waals surface area contributed by atoms with Crippen molar-refractivity contribution >= 4 is 0 Å². The lowest BCUT2D eigenvalue weighted by atomic mass is 9.93. The maximum atomic E-state index is 9.75. The molecule has 1 saturated heterocycles. The Labute approximate surface area is 87.3 Å². The first-order valence-electron chi connectivity index (χ1n) is 5.66. The highest BCUT2D eigenvalue weighted by molar-refractivity contribution is 4.81. The molecule has 3 heteroatoms. The lowest BCUT2D eigenvalue weighted by Crippen LogP contribution is -2.50. The molecule has 1 rings (SSSR count). The number of β-amino-alcohol motifs (C(OH)–C–C–N with tert-alkyl or cyclic N) is 1. The number of aliphatic hydroxyl groups is 1. The Morgan fingerprint density at radius 1 is 1.50 bits per heavy atom. The maximum Gasteiger partial charge on any atom is 0.0689 e. The molecule has 3 nitrogen and oxygen atoms in total. The van der Waals surface area contributed by atoms with Crippen molar-refractivity contribution in [3.8, 4) is 0 Å². The Hall–Kier alpha value is -0.120. The summed E-state index contributed by atoms with van der Waals surface area (Å²) in [5.41, 5.74) is 6.00. The van der Waals surface area contributed by atoms with Crippen LogP contribution in [-0.4, -0.2) is 41.8 Å². The molecule has 3 unspecified atom stereocenters. The van der Waals surface area contributed by atoms with E-state index in [0.717, 1.165) is 26.1 Å². The van der Waals surface area contributed by atoms with Gasteiger partial charge < -0.3 is 10.8 Å². The van der Waals surface area contributed by atoms with Crippen molar-refractivity contribution < 1.29 is 5.11 Å². The number of nitrogens with two attached hydrogens (primary N) is 1. The third-order valence-corrected chi connectivity index (χ3v) is 3.32. The van der Waals surface area contributed by atoms with E-state index in [9.17, 15) is 5.11 Å². The molecular formula is C11H24N2O. The zero-order valence-corrected chi connectivity index (χ0v) is 9.61. The van der Waals surface area contributed by atoms with E-state index < -0.39 is 0 Å². The first-order valence-corrected chi connectivity index (χ1v) is 5.66. The summed E-state index contributed by atoms with van der Waals surface area (Å²) in [7, 11) is 0. The molecule has 0 aliphatic carbocycles. The van der Waals surface area contributed by atoms with Crippen LogP contribution in [0.5, 0.6) is 0 Å². The molecule has 0 spiro atoms. The van der Waals surface area contributed by atoms with Crippen molar-refractivity contribution in [1.29, 1.82) is 0 Å². The van der Waals surface area contributed by atoms with E-state index in [-0.39, 0.29) is 12.1 Å². The van der Waals surface area contributed by atoms with Gasteiger partial charge in [-0.05, 0) is 24.8 Å². The van der Waals surface area contributed by atoms with Gasteiger partial charge in [-0.2, -0.15) is 0 Å². The lowest BCUT2D eigenvalue weighted by molar-refractivity contribution is 0.0566. The molecule has 1 aliphatic rings. The maximum absolute atomic E-state index is 9.75. The van der Waals surface area contributed by atoms with E-state index in [0.29, 0.717) is 11.8 Å². The van der Waals surface area contributed by atoms with Crippen LogP contribution in [-0.2, 0) is 0 Å². The largest absolute Gasteiger partial charge is 0.392 e. The van der Waals surface area contributed by atoms with Crippen LogP contribution < -0.4 is 5.73 Å². The van der Waals surface area contributed by atoms with Crippen LogP contribution in [0.15, 0.2) is 0 Å². The van der Waals surface area contributed by atoms with Crippen LogP contribution in [0.2, 0.25) is 0 Å². The SMILES string of the molecule is CC(C)C(O)CN1CCC(C)C(N)C1. The average Bonchev–Trinajstić information content (AvgIpc) is 2.11. The van der Waals surface area contributed by atoms with Gasteiger partial charge in [-0.3, -0.25) is 4.90 Å². The quantitative estimate of drug-likeness (QED) is 0.704. The highest BCUT2D eigenvalue weighted by atomic mass is 16.3. The molecule has 1 aliphatic heterocycles. The number of hydrogen-bond donors (Lipinski definition) is 2. The third kappa shape index (κ3) is 3.23. The van der Waals surface area contributed by atoms with Crippen molar-refractivity contribution in [3.05, 3.63) is 0 Å². The number of aliphatic hydroxyl groups excluding tert-OH is 1. The van der Waals surface area contributed by atoms with E-state index in [1.165, 1.54) is 0 Å². The van der Waals surface area contributed by atoms with Gasteiger partial charge in [0.2, 0.25) is 0 Å². The van der Waals surface area contributed by atoms with Crippen LogP contribution >= 0.6 is 0 Å². The average molecular weight is 200 g/mol. The molecule has 0 saturated carbocycles. The molecule has 0 aromatic rings. The fourth-order valence-corrected chi connectivity index (χ4v) is 1.81. The topological polar surface area (TPSA) is 49.5 Å². The van der Waals surface area contributed by atoms with Crippen molar-refractivity contribution in [3.63, 3.8) is 0 Å². The molecule has 3 atom stereocenters. The molecule has 1 heterocycles. The van der Waals surface area contributed by atoms with Crippen LogP contribution in [0, 0.1) is 11.8 Å². The number of nitrogens with zero attached hydrogens (tertiary/aromatic N) is 1. The molecule has 14 heavy (non-hydrogen) atoms. The normalized spacial score (nSPS) is 32.1. The Bertz CT molecular complexity index is 173. The van der Waals surface area contributed by atoms with Gasteiger partial charge in [-0.1, -0.05) is 20.8 Å². The Balaban J connectivity index is 2.33. The fourth-order valence-electron chi connectivity index (χ4n) is 1.81. The molecule has 3 N–H and O–H groups in total. The number of likely N-dealkylation sites (tertiary alicyclic amines) is 1. The summed E-state index contributed by atoms with van der Waals surface area (Å²) in [6, 6.07) is 0.281. The van der Waals surface area contributed by atoms with Crippen molar-refractivity contribution in [2.45, 2.75) is 39.3 Å². The first kappa shape index (κ1) is 12.0. The van der Waals surface area contributed by atoms with Gasteiger partial charge in [0, 0.05) is 19.1 Å². The highest BCUT2D eigenvalue weighted by Gasteiger charge is 2.24. The van der Waals surface area contributed by atoms with Gasteiger partial charge in [0.15, 0.2) is 0 Å². The lowest BCUT2D eigenvalue weighted by Gasteiger charge is -2.36. The van der Waals surface area contributed by atoms with E-state index >= 15 is 0 Å². The summed E-state index contributed by atoms with van der Waals surface area (Å²) in [6.07, 6.45) is 0.946. The van der Waals surface area contributed by atoms with Crippen molar-refractivity contribution in [2.75, 3.05) is 19.6 Å². The molecule has 0 aromatic carbocycles. The van der Waals surface area contributed by atoms with Crippen LogP contribution in [0.3, 0.4) is 0 Å². The van der Waals surface area contributed by atoms with E-state index in [1.54, 1.807) is 0 Å². The molecular weight excluding hydrogens is 176 g/mol. The second-order valence-corrected chi connectivity index (χ2v) is 5.00. The van der Waals surface area contributed by atoms with Crippen LogP contribution in [0.25, 0.3) is 0 Å². The molecule has 0 bridgehead atoms. The van der Waals surface area contributed by atoms with E-state index in [4.69, 9.17) is 5.73 Å². The Morgan fingerprint density at radius 3 is 2.64 bits per heavy atom. The minimum atomic E-state index is -0.212. The molecule has 0 amide bonds. The Kier molecular flexibility index (Phi) is 4.35. The fraction of sp³-hybridized carbons (Fsp3) is 1.00. The number of rotatable bonds is 3. The van der Waals surface area contributed by atoms with Gasteiger partial charge in [-0.15, -0.1) is 0 Å². The second-order valence-electron chi connectivity index (χ2n) is 5.00. The van der Waals surface area contributed by atoms with Crippen LogP contribution in [0.4, 0.5) is 0 Å². The smallest absolute Gasteiger partial charge is 0.0689 e. The standard InChI is InChI=1S/C11H24N2O/c1-8(2)11(14)7-13-5-4-9(3)10(12)6-13/h8-11,14H,4-7,12H2,1-3H3. The summed E-state index contributed by atoms with van der Waals surface area (Å²) in [5, 5.41) is 9.75. The molecule has 84 valence electrons. The second kappa shape index (κ2) is 5.10. The summed E-state index contributed by atoms with van der Waals surface area (Å²) >= 11 is 0. The number of hydrogen-bond acceptors (Lipinski definition) is 3. The Morgan fingerprint density at radius 2 is 2.14 bits per heavy atom. The minimum absolute atomic E-state index is 0.212. The van der Waals surface area contributed by atoms with Gasteiger partial charge in [0.1, 0.15) is 0 Å². The zero-order valence-electron chi connectivity index (χ0n) is 9.61.